The molecular weight excluding hydrogens is 240 g/mol. The summed E-state index contributed by atoms with van der Waals surface area (Å²) in [5, 5.41) is 2.25. The normalized spacial score (nSPS) is 13.8. The number of nitrogens with zero attached hydrogens (tertiary/aromatic N) is 2. The van der Waals surface area contributed by atoms with Crippen LogP contribution in [0.1, 0.15) is 18.0 Å². The molecule has 0 saturated carbocycles. The van der Waals surface area contributed by atoms with Crippen LogP contribution in [-0.4, -0.2) is 36.7 Å². The Kier molecular flexibility index (Phi) is 2.78. The fourth-order valence-electron chi connectivity index (χ4n) is 1.45. The second kappa shape index (κ2) is 3.99. The maximum Gasteiger partial charge on any atom is 0.179 e. The molecule has 0 aromatic carbocycles. The molecular formula is C10H14N4O2S. The van der Waals surface area contributed by atoms with E-state index in [9.17, 15) is 8.42 Å². The minimum Gasteiger partial charge on any atom is -0.373 e. The van der Waals surface area contributed by atoms with Gasteiger partial charge in [-0.1, -0.05) is 0 Å². The Morgan fingerprint density at radius 2 is 2.06 bits per heavy atom. The summed E-state index contributed by atoms with van der Waals surface area (Å²) >= 11 is 0. The zero-order valence-electron chi connectivity index (χ0n) is 9.85. The molecule has 0 aliphatic heterocycles. The van der Waals surface area contributed by atoms with Crippen LogP contribution in [0.4, 0.5) is 5.82 Å². The molecule has 0 aliphatic carbocycles. The number of pyridine rings is 1. The third kappa shape index (κ3) is 2.23. The molecule has 2 aromatic rings. The summed E-state index contributed by atoms with van der Waals surface area (Å²) in [6.45, 7) is 1.60. The minimum atomic E-state index is -3.16. The molecule has 6 nitrogen and oxygen atoms in total. The summed E-state index contributed by atoms with van der Waals surface area (Å²) in [5.41, 5.74) is 1.25. The lowest BCUT2D eigenvalue weighted by Crippen LogP contribution is -2.09. The van der Waals surface area contributed by atoms with Gasteiger partial charge in [0.25, 0.3) is 0 Å². The summed E-state index contributed by atoms with van der Waals surface area (Å²) in [5.74, 6) is 1.12. The molecule has 2 aromatic heterocycles. The number of aromatic nitrogens is 3. The number of nitrogens with one attached hydrogen (secondary N) is 2. The van der Waals surface area contributed by atoms with E-state index in [0.29, 0.717) is 17.3 Å². The predicted octanol–water partition coefficient (Wildman–Crippen LogP) is 1.11. The Bertz CT molecular complexity index is 647. The maximum atomic E-state index is 11.4. The van der Waals surface area contributed by atoms with E-state index in [0.717, 1.165) is 5.52 Å². The lowest BCUT2D eigenvalue weighted by Gasteiger charge is -2.03. The lowest BCUT2D eigenvalue weighted by atomic mass is 10.4. The highest BCUT2D eigenvalue weighted by Crippen LogP contribution is 2.21. The van der Waals surface area contributed by atoms with Crippen molar-refractivity contribution < 1.29 is 8.42 Å². The van der Waals surface area contributed by atoms with Crippen molar-refractivity contribution >= 4 is 26.8 Å². The van der Waals surface area contributed by atoms with Crippen LogP contribution in [0.3, 0.4) is 0 Å². The summed E-state index contributed by atoms with van der Waals surface area (Å²) in [4.78, 5) is 11.4. The van der Waals surface area contributed by atoms with Crippen LogP contribution in [0.25, 0.3) is 11.2 Å². The molecule has 2 heterocycles. The average molecular weight is 254 g/mol. The number of H-pyrrole nitrogens is 1. The fraction of sp³-hybridized carbons (Fsp3) is 0.400. The molecule has 1 unspecified atom stereocenters. The molecule has 0 fully saturated rings. The van der Waals surface area contributed by atoms with Crippen LogP contribution in [0.5, 0.6) is 0 Å². The number of sulfone groups is 1. The van der Waals surface area contributed by atoms with Gasteiger partial charge in [0.15, 0.2) is 15.5 Å². The number of aromatic amines is 1. The van der Waals surface area contributed by atoms with E-state index < -0.39 is 15.1 Å². The number of rotatable bonds is 3. The summed E-state index contributed by atoms with van der Waals surface area (Å²) < 4.78 is 22.9. The maximum absolute atomic E-state index is 11.4. The number of imidazole rings is 1. The van der Waals surface area contributed by atoms with Gasteiger partial charge in [-0.25, -0.2) is 18.4 Å². The van der Waals surface area contributed by atoms with Gasteiger partial charge in [0, 0.05) is 13.3 Å². The molecule has 92 valence electrons. The van der Waals surface area contributed by atoms with Crippen molar-refractivity contribution in [3.63, 3.8) is 0 Å². The quantitative estimate of drug-likeness (QED) is 0.856. The molecule has 0 spiro atoms. The fourth-order valence-corrected chi connectivity index (χ4v) is 1.96. The van der Waals surface area contributed by atoms with E-state index in [1.54, 1.807) is 20.0 Å². The second-order valence-electron chi connectivity index (χ2n) is 3.91. The van der Waals surface area contributed by atoms with Gasteiger partial charge in [-0.2, -0.15) is 0 Å². The standard InChI is InChI=1S/C10H14N4O2S/c1-6(17(3,15)16)9-12-7-4-5-8(11-2)13-10(7)14-9/h4-6H,1-3H3,(H2,11,12,13,14). The monoisotopic (exact) mass is 254 g/mol. The first-order valence-electron chi connectivity index (χ1n) is 5.15. The lowest BCUT2D eigenvalue weighted by molar-refractivity contribution is 0.590. The van der Waals surface area contributed by atoms with E-state index in [4.69, 9.17) is 0 Å². The summed E-state index contributed by atoms with van der Waals surface area (Å²) in [6.07, 6.45) is 1.19. The zero-order chi connectivity index (χ0) is 12.6. The van der Waals surface area contributed by atoms with Crippen molar-refractivity contribution in [1.82, 2.24) is 15.0 Å². The number of hydrogen-bond acceptors (Lipinski definition) is 5. The van der Waals surface area contributed by atoms with Crippen LogP contribution in [-0.2, 0) is 9.84 Å². The van der Waals surface area contributed by atoms with Crippen LogP contribution < -0.4 is 5.32 Å². The van der Waals surface area contributed by atoms with E-state index in [1.807, 2.05) is 6.07 Å². The first-order chi connectivity index (χ1) is 7.91. The van der Waals surface area contributed by atoms with Gasteiger partial charge < -0.3 is 10.3 Å². The Morgan fingerprint density at radius 3 is 2.65 bits per heavy atom. The second-order valence-corrected chi connectivity index (χ2v) is 6.28. The predicted molar refractivity (Wildman–Crippen MR) is 66.7 cm³/mol. The molecule has 0 aliphatic rings. The van der Waals surface area contributed by atoms with Crippen molar-refractivity contribution in [2.24, 2.45) is 0 Å². The number of anilines is 1. The first-order valence-corrected chi connectivity index (χ1v) is 7.10. The topological polar surface area (TPSA) is 87.7 Å². The van der Waals surface area contributed by atoms with Crippen LogP contribution in [0, 0.1) is 0 Å². The largest absolute Gasteiger partial charge is 0.373 e. The smallest absolute Gasteiger partial charge is 0.179 e. The van der Waals surface area contributed by atoms with Gasteiger partial charge >= 0.3 is 0 Å². The number of fused-ring (bicyclic) bond motifs is 1. The molecule has 0 radical (unpaired) electrons. The van der Waals surface area contributed by atoms with Gasteiger partial charge in [-0.3, -0.25) is 0 Å². The van der Waals surface area contributed by atoms with Crippen LogP contribution >= 0.6 is 0 Å². The first kappa shape index (κ1) is 11.8. The van der Waals surface area contributed by atoms with E-state index in [-0.39, 0.29) is 0 Å². The van der Waals surface area contributed by atoms with Gasteiger partial charge in [0.1, 0.15) is 16.9 Å². The molecule has 0 saturated heterocycles. The molecule has 1 atom stereocenters. The van der Waals surface area contributed by atoms with E-state index >= 15 is 0 Å². The Labute approximate surface area is 99.4 Å². The van der Waals surface area contributed by atoms with Crippen molar-refractivity contribution in [3.8, 4) is 0 Å². The SMILES string of the molecule is CNc1ccc2[nH]c(C(C)S(C)(=O)=O)nc2n1. The van der Waals surface area contributed by atoms with Crippen molar-refractivity contribution in [2.45, 2.75) is 12.2 Å². The Balaban J connectivity index is 2.51. The highest BCUT2D eigenvalue weighted by molar-refractivity contribution is 7.90. The molecule has 17 heavy (non-hydrogen) atoms. The van der Waals surface area contributed by atoms with Crippen molar-refractivity contribution in [2.75, 3.05) is 18.6 Å². The average Bonchev–Trinajstić information content (AvgIpc) is 2.68. The van der Waals surface area contributed by atoms with Crippen LogP contribution in [0.15, 0.2) is 12.1 Å². The van der Waals surface area contributed by atoms with Gasteiger partial charge in [-0.05, 0) is 19.1 Å². The Hall–Kier alpha value is -1.63. The molecule has 7 heteroatoms. The highest BCUT2D eigenvalue weighted by Gasteiger charge is 2.21. The highest BCUT2D eigenvalue weighted by atomic mass is 32.2. The Morgan fingerprint density at radius 1 is 1.35 bits per heavy atom. The van der Waals surface area contributed by atoms with Crippen molar-refractivity contribution in [3.05, 3.63) is 18.0 Å². The van der Waals surface area contributed by atoms with E-state index in [1.165, 1.54) is 6.26 Å². The third-order valence-corrected chi connectivity index (χ3v) is 4.16. The van der Waals surface area contributed by atoms with Gasteiger partial charge in [-0.15, -0.1) is 0 Å². The summed E-state index contributed by atoms with van der Waals surface area (Å²) in [7, 11) is -1.39. The minimum absolute atomic E-state index is 0.420. The molecule has 2 rings (SSSR count). The van der Waals surface area contributed by atoms with E-state index in [2.05, 4.69) is 20.3 Å². The van der Waals surface area contributed by atoms with Gasteiger partial charge in [0.2, 0.25) is 0 Å². The molecule has 0 amide bonds. The summed E-state index contributed by atoms with van der Waals surface area (Å²) in [6, 6.07) is 3.62. The van der Waals surface area contributed by atoms with Crippen LogP contribution in [0.2, 0.25) is 0 Å². The van der Waals surface area contributed by atoms with Crippen molar-refractivity contribution in [1.29, 1.82) is 0 Å². The molecule has 0 bridgehead atoms. The zero-order valence-corrected chi connectivity index (χ0v) is 10.7. The number of hydrogen-bond donors (Lipinski definition) is 2. The molecule has 2 N–H and O–H groups in total. The van der Waals surface area contributed by atoms with Gasteiger partial charge in [0.05, 0.1) is 5.52 Å². The third-order valence-electron chi connectivity index (χ3n) is 2.65.